The molecule has 1 saturated heterocycles. The number of piperidine rings is 1. The Morgan fingerprint density at radius 1 is 1.03 bits per heavy atom. The topological polar surface area (TPSA) is 80.0 Å². The second-order valence-corrected chi connectivity index (χ2v) is 8.77. The molecule has 2 atom stereocenters. The molecule has 2 aliphatic rings. The SMILES string of the molecule is Cc1nccn1-c1cnc(C(=O)N(C2CC2)C2CCN(c3ccc(C(F)(F)F)cn3)CC2F)cn1. The first-order valence-electron chi connectivity index (χ1n) is 11.3. The summed E-state index contributed by atoms with van der Waals surface area (Å²) < 4.78 is 55.5. The Morgan fingerprint density at radius 2 is 1.80 bits per heavy atom. The number of carbonyl (C=O) groups excluding carboxylic acids is 1. The van der Waals surface area contributed by atoms with Crippen molar-refractivity contribution in [1.29, 1.82) is 0 Å². The molecule has 0 spiro atoms. The van der Waals surface area contributed by atoms with E-state index >= 15 is 4.39 Å². The Hall–Kier alpha value is -3.57. The van der Waals surface area contributed by atoms with Crippen molar-refractivity contribution in [2.45, 2.75) is 50.6 Å². The lowest BCUT2D eigenvalue weighted by Crippen LogP contribution is -2.55. The number of anilines is 1. The van der Waals surface area contributed by atoms with Gasteiger partial charge in [0.2, 0.25) is 0 Å². The molecule has 184 valence electrons. The van der Waals surface area contributed by atoms with E-state index in [0.717, 1.165) is 30.9 Å². The van der Waals surface area contributed by atoms with Crippen LogP contribution in [0.25, 0.3) is 5.82 Å². The van der Waals surface area contributed by atoms with Crippen molar-refractivity contribution in [2.24, 2.45) is 0 Å². The van der Waals surface area contributed by atoms with Crippen LogP contribution in [0.1, 0.15) is 41.1 Å². The number of hydrogen-bond donors (Lipinski definition) is 0. The zero-order valence-corrected chi connectivity index (χ0v) is 18.9. The fourth-order valence-electron chi connectivity index (χ4n) is 4.40. The fraction of sp³-hybridized carbons (Fsp3) is 0.435. The van der Waals surface area contributed by atoms with Crippen LogP contribution in [0, 0.1) is 6.92 Å². The summed E-state index contributed by atoms with van der Waals surface area (Å²) in [4.78, 5) is 33.1. The number of aromatic nitrogens is 5. The van der Waals surface area contributed by atoms with Gasteiger partial charge in [0.05, 0.1) is 30.5 Å². The van der Waals surface area contributed by atoms with E-state index in [1.165, 1.54) is 18.5 Å². The molecule has 1 amide bonds. The maximum Gasteiger partial charge on any atom is 0.417 e. The minimum atomic E-state index is -4.48. The molecule has 3 aromatic heterocycles. The van der Waals surface area contributed by atoms with Crippen LogP contribution in [0.4, 0.5) is 23.4 Å². The van der Waals surface area contributed by atoms with Crippen LogP contribution in [0.2, 0.25) is 0 Å². The summed E-state index contributed by atoms with van der Waals surface area (Å²) in [6.07, 6.45) is 3.04. The summed E-state index contributed by atoms with van der Waals surface area (Å²) in [5.74, 6) is 1.16. The fourth-order valence-corrected chi connectivity index (χ4v) is 4.40. The highest BCUT2D eigenvalue weighted by Gasteiger charge is 2.44. The van der Waals surface area contributed by atoms with E-state index < -0.39 is 24.0 Å². The normalized spacial score (nSPS) is 20.7. The van der Waals surface area contributed by atoms with Gasteiger partial charge >= 0.3 is 6.18 Å². The molecule has 2 fully saturated rings. The van der Waals surface area contributed by atoms with Gasteiger partial charge in [-0.3, -0.25) is 9.36 Å². The highest BCUT2D eigenvalue weighted by molar-refractivity contribution is 5.92. The number of alkyl halides is 4. The van der Waals surface area contributed by atoms with E-state index in [1.54, 1.807) is 26.8 Å². The van der Waals surface area contributed by atoms with Crippen LogP contribution >= 0.6 is 0 Å². The quantitative estimate of drug-likeness (QED) is 0.510. The maximum atomic E-state index is 15.4. The molecular weight excluding hydrogens is 466 g/mol. The summed E-state index contributed by atoms with van der Waals surface area (Å²) in [5.41, 5.74) is -0.716. The number of rotatable bonds is 5. The van der Waals surface area contributed by atoms with Crippen molar-refractivity contribution in [3.05, 3.63) is 60.2 Å². The van der Waals surface area contributed by atoms with Gasteiger partial charge in [0.1, 0.15) is 23.5 Å². The molecule has 2 unspecified atom stereocenters. The number of carbonyl (C=O) groups is 1. The van der Waals surface area contributed by atoms with E-state index in [-0.39, 0.29) is 30.0 Å². The van der Waals surface area contributed by atoms with Crippen LogP contribution < -0.4 is 4.90 Å². The van der Waals surface area contributed by atoms with Gasteiger partial charge < -0.3 is 9.80 Å². The molecule has 0 bridgehead atoms. The van der Waals surface area contributed by atoms with Crippen LogP contribution in [0.15, 0.2) is 43.1 Å². The second-order valence-electron chi connectivity index (χ2n) is 8.77. The lowest BCUT2D eigenvalue weighted by Gasteiger charge is -2.41. The van der Waals surface area contributed by atoms with Gasteiger partial charge in [-0.25, -0.2) is 24.3 Å². The molecule has 1 aliphatic carbocycles. The highest BCUT2D eigenvalue weighted by Crippen LogP contribution is 2.35. The van der Waals surface area contributed by atoms with Crippen molar-refractivity contribution in [2.75, 3.05) is 18.0 Å². The van der Waals surface area contributed by atoms with Gasteiger partial charge in [0.25, 0.3) is 5.91 Å². The molecule has 8 nitrogen and oxygen atoms in total. The number of imidazole rings is 1. The summed E-state index contributed by atoms with van der Waals surface area (Å²) >= 11 is 0. The number of amides is 1. The molecule has 1 aliphatic heterocycles. The van der Waals surface area contributed by atoms with Gasteiger partial charge in [0.15, 0.2) is 5.82 Å². The Morgan fingerprint density at radius 3 is 2.34 bits per heavy atom. The monoisotopic (exact) mass is 489 g/mol. The highest BCUT2D eigenvalue weighted by atomic mass is 19.4. The molecule has 4 heterocycles. The first-order chi connectivity index (χ1) is 16.7. The number of aryl methyl sites for hydroxylation is 1. The Labute approximate surface area is 198 Å². The van der Waals surface area contributed by atoms with Crippen LogP contribution in [-0.4, -0.2) is 66.7 Å². The predicted octanol–water partition coefficient (Wildman–Crippen LogP) is 3.61. The van der Waals surface area contributed by atoms with Gasteiger partial charge in [-0.15, -0.1) is 0 Å². The third-order valence-electron chi connectivity index (χ3n) is 6.37. The van der Waals surface area contributed by atoms with Gasteiger partial charge in [-0.1, -0.05) is 0 Å². The van der Waals surface area contributed by atoms with Gasteiger partial charge in [0, 0.05) is 31.2 Å². The smallest absolute Gasteiger partial charge is 0.354 e. The van der Waals surface area contributed by atoms with Crippen molar-refractivity contribution in [1.82, 2.24) is 29.4 Å². The molecule has 3 aromatic rings. The van der Waals surface area contributed by atoms with Crippen molar-refractivity contribution in [3.8, 4) is 5.82 Å². The Balaban J connectivity index is 1.29. The summed E-state index contributed by atoms with van der Waals surface area (Å²) in [6.45, 7) is 2.12. The third-order valence-corrected chi connectivity index (χ3v) is 6.37. The first kappa shape index (κ1) is 23.2. The third kappa shape index (κ3) is 4.69. The van der Waals surface area contributed by atoms with Crippen LogP contribution in [0.5, 0.6) is 0 Å². The average molecular weight is 489 g/mol. The van der Waals surface area contributed by atoms with Gasteiger partial charge in [-0.05, 0) is 38.3 Å². The average Bonchev–Trinajstić information content (AvgIpc) is 3.59. The molecule has 35 heavy (non-hydrogen) atoms. The molecule has 12 heteroatoms. The van der Waals surface area contributed by atoms with E-state index in [0.29, 0.717) is 18.8 Å². The summed E-state index contributed by atoms with van der Waals surface area (Å²) in [5, 5.41) is 0. The van der Waals surface area contributed by atoms with Crippen molar-refractivity contribution in [3.63, 3.8) is 0 Å². The lowest BCUT2D eigenvalue weighted by atomic mass is 10.00. The van der Waals surface area contributed by atoms with Crippen LogP contribution in [0.3, 0.4) is 0 Å². The number of hydrogen-bond acceptors (Lipinski definition) is 6. The molecule has 1 saturated carbocycles. The Kier molecular flexibility index (Phi) is 5.89. The molecular formula is C23H23F4N7O. The van der Waals surface area contributed by atoms with E-state index in [4.69, 9.17) is 0 Å². The van der Waals surface area contributed by atoms with E-state index in [9.17, 15) is 18.0 Å². The lowest BCUT2D eigenvalue weighted by molar-refractivity contribution is -0.137. The predicted molar refractivity (Wildman–Crippen MR) is 118 cm³/mol. The molecule has 0 aromatic carbocycles. The second kappa shape index (κ2) is 8.90. The minimum absolute atomic E-state index is 0.0566. The number of pyridine rings is 1. The molecule has 0 N–H and O–H groups in total. The van der Waals surface area contributed by atoms with Crippen molar-refractivity contribution < 1.29 is 22.4 Å². The molecule has 0 radical (unpaired) electrons. The standard InChI is InChI=1S/C23H23F4N7O/c1-14-28-7-9-33(14)21-12-29-18(11-31-21)22(35)34(16-3-4-16)19-6-8-32(13-17(19)24)20-5-2-15(10-30-20)23(25,26)27/h2,5,7,9-12,16-17,19H,3-4,6,8,13H2,1H3. The minimum Gasteiger partial charge on any atom is -0.354 e. The first-order valence-corrected chi connectivity index (χ1v) is 11.3. The largest absolute Gasteiger partial charge is 0.417 e. The number of halogens is 4. The maximum absolute atomic E-state index is 15.4. The van der Waals surface area contributed by atoms with E-state index in [1.807, 2.05) is 6.92 Å². The summed E-state index contributed by atoms with van der Waals surface area (Å²) in [6, 6.07) is 1.48. The van der Waals surface area contributed by atoms with Crippen LogP contribution in [-0.2, 0) is 6.18 Å². The number of nitrogens with zero attached hydrogens (tertiary/aromatic N) is 7. The molecule has 5 rings (SSSR count). The Bertz CT molecular complexity index is 1190. The zero-order valence-electron chi connectivity index (χ0n) is 18.9. The summed E-state index contributed by atoms with van der Waals surface area (Å²) in [7, 11) is 0. The van der Waals surface area contributed by atoms with Gasteiger partial charge in [-0.2, -0.15) is 13.2 Å². The van der Waals surface area contributed by atoms with Crippen molar-refractivity contribution >= 4 is 11.7 Å². The zero-order chi connectivity index (χ0) is 24.7. The van der Waals surface area contributed by atoms with E-state index in [2.05, 4.69) is 19.9 Å².